The molecule has 4 heterocycles. The molecule has 11 rings (SSSR count). The summed E-state index contributed by atoms with van der Waals surface area (Å²) in [6, 6.07) is 45.3. The summed E-state index contributed by atoms with van der Waals surface area (Å²) in [4.78, 5) is 16.9. The van der Waals surface area contributed by atoms with Crippen molar-refractivity contribution < 1.29 is 0 Å². The number of thiophene rings is 1. The van der Waals surface area contributed by atoms with Crippen LogP contribution in [0.25, 0.3) is 115 Å². The van der Waals surface area contributed by atoms with E-state index in [4.69, 9.17) is 15.0 Å². The third-order valence-corrected chi connectivity index (χ3v) is 11.8. The zero-order valence-corrected chi connectivity index (χ0v) is 28.8. The molecule has 4 aromatic heterocycles. The van der Waals surface area contributed by atoms with Gasteiger partial charge in [0.05, 0.1) is 21.4 Å². The maximum absolute atomic E-state index is 5.50. The van der Waals surface area contributed by atoms with E-state index >= 15 is 0 Å². The molecule has 0 aliphatic rings. The van der Waals surface area contributed by atoms with Crippen LogP contribution in [0, 0.1) is 0 Å². The van der Waals surface area contributed by atoms with Crippen LogP contribution in [0.5, 0.6) is 0 Å². The second kappa shape index (κ2) is 10.9. The first-order chi connectivity index (χ1) is 25.7. The van der Waals surface area contributed by atoms with Crippen molar-refractivity contribution in [3.05, 3.63) is 157 Å². The molecule has 242 valence electrons. The van der Waals surface area contributed by atoms with E-state index in [1.807, 2.05) is 30.5 Å². The molecule has 5 heteroatoms. The number of fused-ring (bicyclic) bond motifs is 15. The fourth-order valence-corrected chi connectivity index (χ4v) is 9.62. The zero-order valence-electron chi connectivity index (χ0n) is 28.0. The first-order valence-electron chi connectivity index (χ1n) is 17.4. The van der Waals surface area contributed by atoms with Gasteiger partial charge in [0.25, 0.3) is 0 Å². The highest BCUT2D eigenvalue weighted by atomic mass is 32.1. The molecule has 0 atom stereocenters. The summed E-state index contributed by atoms with van der Waals surface area (Å²) in [7, 11) is 0. The quantitative estimate of drug-likeness (QED) is 0.174. The van der Waals surface area contributed by atoms with E-state index in [0.717, 1.165) is 70.0 Å². The van der Waals surface area contributed by atoms with Crippen LogP contribution in [-0.2, 0) is 0 Å². The van der Waals surface area contributed by atoms with Gasteiger partial charge in [0.15, 0.2) is 0 Å². The predicted octanol–water partition coefficient (Wildman–Crippen LogP) is 12.9. The lowest BCUT2D eigenvalue weighted by Gasteiger charge is -2.14. The number of rotatable bonds is 4. The van der Waals surface area contributed by atoms with Crippen molar-refractivity contribution in [2.45, 2.75) is 0 Å². The van der Waals surface area contributed by atoms with Gasteiger partial charge in [-0.1, -0.05) is 128 Å². The van der Waals surface area contributed by atoms with Crippen LogP contribution in [0.3, 0.4) is 0 Å². The third-order valence-electron chi connectivity index (χ3n) is 10.6. The summed E-state index contributed by atoms with van der Waals surface area (Å²) in [5, 5.41) is 14.1. The number of para-hydroxylation sites is 1. The Kier molecular flexibility index (Phi) is 6.10. The fourth-order valence-electron chi connectivity index (χ4n) is 8.41. The molecule has 0 saturated heterocycles. The van der Waals surface area contributed by atoms with E-state index < -0.39 is 0 Å². The van der Waals surface area contributed by atoms with Gasteiger partial charge in [-0.15, -0.1) is 11.3 Å². The molecular formula is C47H28N4S. The smallest absolute Gasteiger partial charge is 0.237 e. The second-order valence-electron chi connectivity index (χ2n) is 13.2. The molecule has 4 nitrogen and oxygen atoms in total. The van der Waals surface area contributed by atoms with Crippen LogP contribution in [0.15, 0.2) is 147 Å². The largest absolute Gasteiger partial charge is 0.260 e. The number of hydrogen-bond acceptors (Lipinski definition) is 4. The highest BCUT2D eigenvalue weighted by molar-refractivity contribution is 7.21. The molecule has 0 saturated carbocycles. The zero-order chi connectivity index (χ0) is 34.5. The van der Waals surface area contributed by atoms with Crippen LogP contribution in [0.2, 0.25) is 0 Å². The highest BCUT2D eigenvalue weighted by Gasteiger charge is 2.25. The Morgan fingerprint density at radius 1 is 0.538 bits per heavy atom. The summed E-state index contributed by atoms with van der Waals surface area (Å²) in [5.41, 5.74) is 5.75. The van der Waals surface area contributed by atoms with Gasteiger partial charge in [0.1, 0.15) is 5.65 Å². The molecule has 0 aliphatic heterocycles. The fraction of sp³-hybridized carbons (Fsp3) is 0. The Labute approximate surface area is 302 Å². The van der Waals surface area contributed by atoms with Crippen molar-refractivity contribution in [2.24, 2.45) is 0 Å². The van der Waals surface area contributed by atoms with Crippen molar-refractivity contribution >= 4 is 110 Å². The van der Waals surface area contributed by atoms with Crippen molar-refractivity contribution in [3.63, 3.8) is 0 Å². The molecule has 0 N–H and O–H groups in total. The summed E-state index contributed by atoms with van der Waals surface area (Å²) in [6.07, 6.45) is 5.75. The van der Waals surface area contributed by atoms with Crippen molar-refractivity contribution in [1.29, 1.82) is 0 Å². The molecule has 0 amide bonds. The van der Waals surface area contributed by atoms with Crippen LogP contribution in [-0.4, -0.2) is 19.5 Å². The van der Waals surface area contributed by atoms with Crippen molar-refractivity contribution in [2.75, 3.05) is 0 Å². The van der Waals surface area contributed by atoms with E-state index in [2.05, 4.69) is 133 Å². The summed E-state index contributed by atoms with van der Waals surface area (Å²) in [5.74, 6) is 0.584. The van der Waals surface area contributed by atoms with Crippen LogP contribution < -0.4 is 0 Å². The lowest BCUT2D eigenvalue weighted by atomic mass is 9.92. The SMILES string of the molecule is C=Cc1sc2c(c1C=C)c1ccccc1c1c3cccnc3n(-c3nc(-c4ccc5c6ccccc6c6ccccc6c5c4)c4ccccc4n3)c21. The molecule has 0 fully saturated rings. The first-order valence-corrected chi connectivity index (χ1v) is 18.2. The minimum Gasteiger partial charge on any atom is -0.260 e. The minimum absolute atomic E-state index is 0.584. The molecular weight excluding hydrogens is 653 g/mol. The lowest BCUT2D eigenvalue weighted by molar-refractivity contribution is 1.00. The lowest BCUT2D eigenvalue weighted by Crippen LogP contribution is -2.04. The Morgan fingerprint density at radius 3 is 1.83 bits per heavy atom. The van der Waals surface area contributed by atoms with Crippen LogP contribution in [0.4, 0.5) is 0 Å². The molecule has 0 bridgehead atoms. The molecule has 0 spiro atoms. The van der Waals surface area contributed by atoms with E-state index in [9.17, 15) is 0 Å². The molecule has 0 aliphatic carbocycles. The van der Waals surface area contributed by atoms with Gasteiger partial charge >= 0.3 is 0 Å². The van der Waals surface area contributed by atoms with Crippen molar-refractivity contribution in [1.82, 2.24) is 19.5 Å². The van der Waals surface area contributed by atoms with Gasteiger partial charge in [-0.2, -0.15) is 0 Å². The molecule has 0 radical (unpaired) electrons. The van der Waals surface area contributed by atoms with Gasteiger partial charge in [0.2, 0.25) is 5.95 Å². The average molecular weight is 681 g/mol. The molecule has 52 heavy (non-hydrogen) atoms. The maximum atomic E-state index is 5.50. The normalized spacial score (nSPS) is 12.0. The monoisotopic (exact) mass is 680 g/mol. The molecule has 0 unspecified atom stereocenters. The predicted molar refractivity (Wildman–Crippen MR) is 223 cm³/mol. The van der Waals surface area contributed by atoms with Gasteiger partial charge in [-0.25, -0.2) is 15.0 Å². The number of benzene rings is 7. The minimum atomic E-state index is 0.584. The number of pyridine rings is 1. The van der Waals surface area contributed by atoms with E-state index in [0.29, 0.717) is 5.95 Å². The van der Waals surface area contributed by atoms with E-state index in [-0.39, 0.29) is 0 Å². The Balaban J connectivity index is 1.29. The van der Waals surface area contributed by atoms with Gasteiger partial charge in [-0.05, 0) is 67.4 Å². The van der Waals surface area contributed by atoms with Gasteiger partial charge < -0.3 is 0 Å². The van der Waals surface area contributed by atoms with Crippen molar-refractivity contribution in [3.8, 4) is 17.2 Å². The van der Waals surface area contributed by atoms with E-state index in [1.54, 1.807) is 11.3 Å². The highest BCUT2D eigenvalue weighted by Crippen LogP contribution is 2.47. The topological polar surface area (TPSA) is 43.6 Å². The van der Waals surface area contributed by atoms with Crippen LogP contribution >= 0.6 is 11.3 Å². The molecule has 11 aromatic rings. The number of hydrogen-bond donors (Lipinski definition) is 0. The second-order valence-corrected chi connectivity index (χ2v) is 14.3. The van der Waals surface area contributed by atoms with Gasteiger partial charge in [-0.3, -0.25) is 4.57 Å². The Bertz CT molecular complexity index is 3310. The Hall–Kier alpha value is -6.69. The maximum Gasteiger partial charge on any atom is 0.237 e. The number of aromatic nitrogens is 4. The number of nitrogens with zero attached hydrogens (tertiary/aromatic N) is 4. The van der Waals surface area contributed by atoms with Gasteiger partial charge in [0, 0.05) is 43.7 Å². The third kappa shape index (κ3) is 3.88. The van der Waals surface area contributed by atoms with E-state index in [1.165, 1.54) is 37.7 Å². The standard InChI is InChI=1S/C47H28N4S/c1-3-28-40(4-2)52-45-42(28)35-19-10-9-18-34(35)41-37-21-13-25-48-46(37)51(44(41)45)47-49-39-22-12-11-20-36(39)43(50-47)27-23-24-33-31-16-6-5-14-29(31)30-15-7-8-17-32(30)38(33)26-27/h3-26H,1-2H2. The average Bonchev–Trinajstić information content (AvgIpc) is 3.77. The Morgan fingerprint density at radius 2 is 1.13 bits per heavy atom. The summed E-state index contributed by atoms with van der Waals surface area (Å²) >= 11 is 1.73. The summed E-state index contributed by atoms with van der Waals surface area (Å²) < 4.78 is 3.31. The molecule has 7 aromatic carbocycles. The first kappa shape index (κ1) is 29.1. The van der Waals surface area contributed by atoms with Crippen LogP contribution in [0.1, 0.15) is 10.4 Å². The summed E-state index contributed by atoms with van der Waals surface area (Å²) in [6.45, 7) is 8.40.